The fourth-order valence-corrected chi connectivity index (χ4v) is 5.34. The van der Waals surface area contributed by atoms with Crippen molar-refractivity contribution in [3.8, 4) is 33.8 Å². The number of benzene rings is 4. The number of aromatic hydroxyl groups is 1. The molecule has 0 radical (unpaired) electrons. The number of ether oxygens (including phenoxy) is 1. The first-order chi connectivity index (χ1) is 18.7. The molecule has 204 valence electrons. The highest BCUT2D eigenvalue weighted by Gasteiger charge is 2.19. The highest BCUT2D eigenvalue weighted by atomic mass is 16.5. The van der Waals surface area contributed by atoms with Crippen LogP contribution in [0, 0.1) is 13.8 Å². The lowest BCUT2D eigenvalue weighted by Gasteiger charge is -2.29. The van der Waals surface area contributed by atoms with Gasteiger partial charge in [0.1, 0.15) is 11.5 Å². The van der Waals surface area contributed by atoms with E-state index in [1.807, 2.05) is 54.6 Å². The van der Waals surface area contributed by atoms with Crippen LogP contribution in [-0.2, 0) is 0 Å². The Labute approximate surface area is 235 Å². The summed E-state index contributed by atoms with van der Waals surface area (Å²) in [7, 11) is 2.20. The van der Waals surface area contributed by atoms with E-state index in [1.54, 1.807) is 0 Å². The van der Waals surface area contributed by atoms with Gasteiger partial charge < -0.3 is 14.7 Å². The second-order valence-corrected chi connectivity index (χ2v) is 11.3. The summed E-state index contributed by atoms with van der Waals surface area (Å²) in [5.41, 5.74) is 10.2. The van der Waals surface area contributed by atoms with Crippen molar-refractivity contribution in [3.05, 3.63) is 101 Å². The number of rotatable bonds is 10. The van der Waals surface area contributed by atoms with E-state index in [0.29, 0.717) is 18.4 Å². The van der Waals surface area contributed by atoms with E-state index >= 15 is 0 Å². The predicted octanol–water partition coefficient (Wildman–Crippen LogP) is 9.50. The van der Waals surface area contributed by atoms with Crippen LogP contribution in [0.3, 0.4) is 0 Å². The highest BCUT2D eigenvalue weighted by Crippen LogP contribution is 2.42. The molecule has 0 saturated carbocycles. The third-order valence-corrected chi connectivity index (χ3v) is 7.38. The number of para-hydroxylation sites is 1. The van der Waals surface area contributed by atoms with Gasteiger partial charge in [0.15, 0.2) is 0 Å². The summed E-state index contributed by atoms with van der Waals surface area (Å²) in [6, 6.07) is 26.8. The first-order valence-corrected chi connectivity index (χ1v) is 14.1. The van der Waals surface area contributed by atoms with Crippen LogP contribution in [-0.4, -0.2) is 25.3 Å². The fourth-order valence-electron chi connectivity index (χ4n) is 5.34. The Hall–Kier alpha value is -3.72. The summed E-state index contributed by atoms with van der Waals surface area (Å²) in [5.74, 6) is 2.00. The van der Waals surface area contributed by atoms with Gasteiger partial charge in [-0.2, -0.15) is 0 Å². The monoisotopic (exact) mass is 521 g/mol. The van der Waals surface area contributed by atoms with Gasteiger partial charge in [-0.05, 0) is 60.9 Å². The van der Waals surface area contributed by atoms with Gasteiger partial charge in [-0.1, -0.05) is 106 Å². The molecule has 0 aliphatic carbocycles. The van der Waals surface area contributed by atoms with Crippen molar-refractivity contribution in [2.24, 2.45) is 0 Å². The maximum absolute atomic E-state index is 11.3. The largest absolute Gasteiger partial charge is 0.507 e. The molecule has 0 unspecified atom stereocenters. The molecular formula is C36H43NO2. The third kappa shape index (κ3) is 6.47. The Morgan fingerprint density at radius 1 is 0.718 bits per heavy atom. The molecule has 0 aliphatic rings. The zero-order valence-electron chi connectivity index (χ0n) is 24.6. The molecular weight excluding hydrogens is 478 g/mol. The van der Waals surface area contributed by atoms with Gasteiger partial charge >= 0.3 is 0 Å². The second kappa shape index (κ2) is 12.4. The van der Waals surface area contributed by atoms with Crippen LogP contribution in [0.2, 0.25) is 0 Å². The lowest BCUT2D eigenvalue weighted by molar-refractivity contribution is 0.313. The molecule has 0 saturated heterocycles. The highest BCUT2D eigenvalue weighted by molar-refractivity contribution is 5.84. The van der Waals surface area contributed by atoms with Gasteiger partial charge in [-0.3, -0.25) is 0 Å². The normalized spacial score (nSPS) is 11.3. The summed E-state index contributed by atoms with van der Waals surface area (Å²) < 4.78 is 6.37. The molecule has 0 atom stereocenters. The van der Waals surface area contributed by atoms with Gasteiger partial charge in [0, 0.05) is 36.0 Å². The van der Waals surface area contributed by atoms with Gasteiger partial charge in [-0.25, -0.2) is 0 Å². The van der Waals surface area contributed by atoms with Crippen molar-refractivity contribution in [2.75, 3.05) is 25.1 Å². The second-order valence-electron chi connectivity index (χ2n) is 11.3. The quantitative estimate of drug-likeness (QED) is 0.211. The maximum Gasteiger partial charge on any atom is 0.131 e. The van der Waals surface area contributed by atoms with Crippen LogP contribution < -0.4 is 9.64 Å². The number of hydrogen-bond donors (Lipinski definition) is 1. The van der Waals surface area contributed by atoms with E-state index in [-0.39, 0.29) is 5.75 Å². The summed E-state index contributed by atoms with van der Waals surface area (Å²) in [5, 5.41) is 11.3. The molecule has 0 aliphatic heterocycles. The Bertz CT molecular complexity index is 1380. The van der Waals surface area contributed by atoms with E-state index in [1.165, 1.54) is 22.4 Å². The minimum absolute atomic E-state index is 0.278. The van der Waals surface area contributed by atoms with E-state index < -0.39 is 0 Å². The zero-order valence-corrected chi connectivity index (χ0v) is 24.6. The lowest BCUT2D eigenvalue weighted by Crippen LogP contribution is -2.24. The van der Waals surface area contributed by atoms with E-state index in [9.17, 15) is 5.11 Å². The number of aryl methyl sites for hydroxylation is 2. The topological polar surface area (TPSA) is 32.7 Å². The maximum atomic E-state index is 11.3. The molecule has 0 aromatic heterocycles. The molecule has 0 amide bonds. The molecule has 39 heavy (non-hydrogen) atoms. The summed E-state index contributed by atoms with van der Waals surface area (Å²) in [4.78, 5) is 2.40. The Morgan fingerprint density at radius 3 is 2.00 bits per heavy atom. The average Bonchev–Trinajstić information content (AvgIpc) is 2.91. The Kier molecular flexibility index (Phi) is 9.01. The van der Waals surface area contributed by atoms with Gasteiger partial charge in [0.2, 0.25) is 0 Å². The van der Waals surface area contributed by atoms with E-state index in [2.05, 4.69) is 77.8 Å². The third-order valence-electron chi connectivity index (χ3n) is 7.38. The molecule has 0 heterocycles. The molecule has 3 heteroatoms. The molecule has 0 bridgehead atoms. The average molecular weight is 522 g/mol. The van der Waals surface area contributed by atoms with Crippen molar-refractivity contribution in [3.63, 3.8) is 0 Å². The number of phenolic OH excluding ortho intramolecular Hbond substituents is 1. The van der Waals surface area contributed by atoms with E-state index in [4.69, 9.17) is 4.74 Å². The minimum Gasteiger partial charge on any atom is -0.507 e. The number of hydrogen-bond acceptors (Lipinski definition) is 3. The fraction of sp³-hybridized carbons (Fsp3) is 0.333. The zero-order chi connectivity index (χ0) is 28.1. The number of phenols is 1. The van der Waals surface area contributed by atoms with Crippen molar-refractivity contribution >= 4 is 5.69 Å². The number of anilines is 1. The molecule has 0 fully saturated rings. The van der Waals surface area contributed by atoms with Crippen LogP contribution in [0.4, 0.5) is 5.69 Å². The molecule has 3 nitrogen and oxygen atoms in total. The van der Waals surface area contributed by atoms with Crippen LogP contribution in [0.5, 0.6) is 11.5 Å². The van der Waals surface area contributed by atoms with Gasteiger partial charge in [-0.15, -0.1) is 0 Å². The molecule has 0 spiro atoms. The summed E-state index contributed by atoms with van der Waals surface area (Å²) in [6.07, 6.45) is 0.892. The summed E-state index contributed by atoms with van der Waals surface area (Å²) in [6.45, 7) is 14.9. The van der Waals surface area contributed by atoms with Crippen LogP contribution >= 0.6 is 0 Å². The Balaban J connectivity index is 1.53. The smallest absolute Gasteiger partial charge is 0.131 e. The molecule has 4 aromatic carbocycles. The number of nitrogens with zero attached hydrogens (tertiary/aromatic N) is 1. The van der Waals surface area contributed by atoms with E-state index in [0.717, 1.165) is 46.5 Å². The lowest BCUT2D eigenvalue weighted by atomic mass is 9.90. The summed E-state index contributed by atoms with van der Waals surface area (Å²) >= 11 is 0. The predicted molar refractivity (Wildman–Crippen MR) is 166 cm³/mol. The van der Waals surface area contributed by atoms with Crippen molar-refractivity contribution in [1.82, 2.24) is 0 Å². The van der Waals surface area contributed by atoms with Crippen LogP contribution in [0.15, 0.2) is 78.9 Å². The standard InChI is InChI=1S/C36H43NO2/c1-24(2)31-22-27(6)23-32(25(3)4)35(31)37(7)19-12-20-39-34-18-17-26(5)21-33(34)30-16-11-15-29(36(30)38)28-13-9-8-10-14-28/h8-11,13-18,21-25,38H,12,19-20H2,1-7H3. The first kappa shape index (κ1) is 28.3. The SMILES string of the molecule is Cc1ccc(OCCCN(C)c2c(C(C)C)cc(C)cc2C(C)C)c(-c2cccc(-c3ccccc3)c2O)c1. The van der Waals surface area contributed by atoms with Crippen molar-refractivity contribution < 1.29 is 9.84 Å². The Morgan fingerprint density at radius 2 is 1.36 bits per heavy atom. The van der Waals surface area contributed by atoms with Gasteiger partial charge in [0.25, 0.3) is 0 Å². The minimum atomic E-state index is 0.278. The van der Waals surface area contributed by atoms with Crippen molar-refractivity contribution in [2.45, 2.75) is 59.8 Å². The molecule has 4 rings (SSSR count). The van der Waals surface area contributed by atoms with Crippen molar-refractivity contribution in [1.29, 1.82) is 0 Å². The molecule has 1 N–H and O–H groups in total. The van der Waals surface area contributed by atoms with Crippen LogP contribution in [0.25, 0.3) is 22.3 Å². The first-order valence-electron chi connectivity index (χ1n) is 14.1. The van der Waals surface area contributed by atoms with Gasteiger partial charge in [0.05, 0.1) is 6.61 Å². The van der Waals surface area contributed by atoms with Crippen LogP contribution in [0.1, 0.15) is 68.2 Å². The molecule has 4 aromatic rings.